The van der Waals surface area contributed by atoms with Crippen LogP contribution in [0.25, 0.3) is 0 Å². The molecule has 394 valence electrons. The van der Waals surface area contributed by atoms with Gasteiger partial charge in [-0.3, -0.25) is 14.4 Å². The van der Waals surface area contributed by atoms with Crippen LogP contribution >= 0.6 is 0 Å². The van der Waals surface area contributed by atoms with Gasteiger partial charge in [0.15, 0.2) is 6.10 Å². The fourth-order valence-electron chi connectivity index (χ4n) is 7.15. The van der Waals surface area contributed by atoms with Crippen molar-refractivity contribution in [3.8, 4) is 0 Å². The van der Waals surface area contributed by atoms with Crippen LogP contribution in [0.2, 0.25) is 0 Å². The summed E-state index contributed by atoms with van der Waals surface area (Å²) in [5.74, 6) is -1.06. The molecule has 0 fully saturated rings. The number of allylic oxidation sites excluding steroid dienone is 22. The maximum Gasteiger partial charge on any atom is 0.306 e. The van der Waals surface area contributed by atoms with E-state index in [0.29, 0.717) is 19.3 Å². The second-order valence-electron chi connectivity index (χ2n) is 18.1. The van der Waals surface area contributed by atoms with Crippen LogP contribution in [-0.2, 0) is 28.6 Å². The number of hydrogen-bond acceptors (Lipinski definition) is 6. The van der Waals surface area contributed by atoms with Crippen molar-refractivity contribution in [1.82, 2.24) is 0 Å². The van der Waals surface area contributed by atoms with Gasteiger partial charge >= 0.3 is 17.9 Å². The second-order valence-corrected chi connectivity index (χ2v) is 18.1. The van der Waals surface area contributed by atoms with Gasteiger partial charge in [0, 0.05) is 19.3 Å². The highest BCUT2D eigenvalue weighted by atomic mass is 16.6. The van der Waals surface area contributed by atoms with Crippen LogP contribution < -0.4 is 0 Å². The molecular formula is C64H102O6. The Hall–Kier alpha value is -4.45. The van der Waals surface area contributed by atoms with Gasteiger partial charge in [-0.1, -0.05) is 219 Å². The first kappa shape index (κ1) is 65.5. The number of unbranched alkanes of at least 4 members (excludes halogenated alkanes) is 16. The second kappa shape index (κ2) is 57.1. The fraction of sp³-hybridized carbons (Fsp3) is 0.609. The monoisotopic (exact) mass is 967 g/mol. The molecule has 0 aliphatic heterocycles. The van der Waals surface area contributed by atoms with Crippen molar-refractivity contribution in [3.05, 3.63) is 134 Å². The maximum atomic E-state index is 12.8. The molecule has 0 spiro atoms. The molecule has 0 rings (SSSR count). The molecule has 6 nitrogen and oxygen atoms in total. The van der Waals surface area contributed by atoms with Crippen molar-refractivity contribution < 1.29 is 28.6 Å². The highest BCUT2D eigenvalue weighted by Gasteiger charge is 2.19. The molecule has 70 heavy (non-hydrogen) atoms. The minimum atomic E-state index is -0.834. The molecule has 0 radical (unpaired) electrons. The third-order valence-corrected chi connectivity index (χ3v) is 11.4. The molecule has 0 amide bonds. The Bertz CT molecular complexity index is 1530. The largest absolute Gasteiger partial charge is 0.462 e. The van der Waals surface area contributed by atoms with Crippen LogP contribution in [-0.4, -0.2) is 37.2 Å². The van der Waals surface area contributed by atoms with Gasteiger partial charge in [-0.15, -0.1) is 0 Å². The third-order valence-electron chi connectivity index (χ3n) is 11.4. The quantitative estimate of drug-likeness (QED) is 0.0262. The van der Waals surface area contributed by atoms with Crippen LogP contribution in [0.4, 0.5) is 0 Å². The lowest BCUT2D eigenvalue weighted by Gasteiger charge is -2.18. The van der Waals surface area contributed by atoms with E-state index in [9.17, 15) is 14.4 Å². The van der Waals surface area contributed by atoms with Gasteiger partial charge in [0.2, 0.25) is 0 Å². The molecular weight excluding hydrogens is 865 g/mol. The summed E-state index contributed by atoms with van der Waals surface area (Å²) in [6.45, 7) is 6.38. The minimum Gasteiger partial charge on any atom is -0.462 e. The summed E-state index contributed by atoms with van der Waals surface area (Å²) in [6, 6.07) is 0. The molecule has 0 bridgehead atoms. The first-order valence-corrected chi connectivity index (χ1v) is 28.2. The molecule has 0 unspecified atom stereocenters. The van der Waals surface area contributed by atoms with Gasteiger partial charge in [0.05, 0.1) is 0 Å². The van der Waals surface area contributed by atoms with E-state index in [1.807, 2.05) is 12.2 Å². The zero-order valence-corrected chi connectivity index (χ0v) is 45.0. The van der Waals surface area contributed by atoms with E-state index in [2.05, 4.69) is 142 Å². The Morgan fingerprint density at radius 3 is 1.01 bits per heavy atom. The maximum absolute atomic E-state index is 12.8. The van der Waals surface area contributed by atoms with Crippen LogP contribution in [0, 0.1) is 0 Å². The van der Waals surface area contributed by atoms with Crippen LogP contribution in [0.1, 0.15) is 233 Å². The molecule has 0 aromatic carbocycles. The van der Waals surface area contributed by atoms with Crippen LogP contribution in [0.15, 0.2) is 134 Å². The average Bonchev–Trinajstić information content (AvgIpc) is 3.36. The molecule has 0 heterocycles. The number of esters is 3. The van der Waals surface area contributed by atoms with Crippen molar-refractivity contribution in [3.63, 3.8) is 0 Å². The predicted molar refractivity (Wildman–Crippen MR) is 302 cm³/mol. The van der Waals surface area contributed by atoms with Crippen LogP contribution in [0.3, 0.4) is 0 Å². The Balaban J connectivity index is 4.60. The van der Waals surface area contributed by atoms with Crippen molar-refractivity contribution in [2.24, 2.45) is 0 Å². The Morgan fingerprint density at radius 1 is 0.300 bits per heavy atom. The lowest BCUT2D eigenvalue weighted by atomic mass is 10.1. The van der Waals surface area contributed by atoms with E-state index in [4.69, 9.17) is 14.2 Å². The Morgan fingerprint density at radius 2 is 0.586 bits per heavy atom. The standard InChI is InChI=1S/C64H102O6/c1-4-7-10-13-16-19-22-25-28-30-32-34-36-39-42-45-48-51-54-57-63(66)69-60-61(59-68-62(65)56-53-50-47-44-41-38-27-24-21-18-15-12-9-6-3)70-64(67)58-55-52-49-46-43-40-37-35-33-31-29-26-23-20-17-14-11-8-5-2/h7,10,16-17,19-20,24-29,32-35,39-40,42-43,48,51,61H,4-6,8-9,11-15,18,21-23,30-31,36-38,41,44-47,49-50,52-60H2,1-3H3/b10-7-,19-16-,20-17-,27-24-,28-25-,29-26-,34-32-,35-33-,42-39-,43-40-,51-48-/t61-/m1/s1. The summed E-state index contributed by atoms with van der Waals surface area (Å²) in [5.41, 5.74) is 0. The van der Waals surface area contributed by atoms with Crippen molar-refractivity contribution in [2.45, 2.75) is 239 Å². The predicted octanol–water partition coefficient (Wildman–Crippen LogP) is 19.0. The lowest BCUT2D eigenvalue weighted by Crippen LogP contribution is -2.30. The van der Waals surface area contributed by atoms with Crippen LogP contribution in [0.5, 0.6) is 0 Å². The normalized spacial score (nSPS) is 13.1. The third kappa shape index (κ3) is 54.5. The van der Waals surface area contributed by atoms with Gasteiger partial charge in [-0.25, -0.2) is 0 Å². The Kier molecular flexibility index (Phi) is 53.5. The molecule has 0 saturated carbocycles. The van der Waals surface area contributed by atoms with Gasteiger partial charge < -0.3 is 14.2 Å². The van der Waals surface area contributed by atoms with E-state index in [1.54, 1.807) is 0 Å². The molecule has 1 atom stereocenters. The molecule has 0 saturated heterocycles. The zero-order valence-electron chi connectivity index (χ0n) is 45.0. The van der Waals surface area contributed by atoms with E-state index in [-0.39, 0.29) is 44.0 Å². The topological polar surface area (TPSA) is 78.9 Å². The lowest BCUT2D eigenvalue weighted by molar-refractivity contribution is -0.166. The minimum absolute atomic E-state index is 0.123. The van der Waals surface area contributed by atoms with E-state index in [1.165, 1.54) is 70.6 Å². The van der Waals surface area contributed by atoms with E-state index >= 15 is 0 Å². The summed E-state index contributed by atoms with van der Waals surface area (Å²) in [4.78, 5) is 38.1. The van der Waals surface area contributed by atoms with Gasteiger partial charge in [-0.05, 0) is 128 Å². The Labute approximate surface area is 430 Å². The first-order chi connectivity index (χ1) is 34.5. The van der Waals surface area contributed by atoms with Crippen molar-refractivity contribution in [1.29, 1.82) is 0 Å². The fourth-order valence-corrected chi connectivity index (χ4v) is 7.15. The molecule has 6 heteroatoms. The summed E-state index contributed by atoms with van der Waals surface area (Å²) in [5, 5.41) is 0. The van der Waals surface area contributed by atoms with E-state index in [0.717, 1.165) is 109 Å². The van der Waals surface area contributed by atoms with Gasteiger partial charge in [0.25, 0.3) is 0 Å². The molecule has 0 aliphatic rings. The molecule has 0 N–H and O–H groups in total. The SMILES string of the molecule is CC/C=C\C/C=C\C/C=C\C/C=C\C/C=C\C/C=C\CCC(=O)OC[C@@H](COC(=O)CCCCCCC/C=C\CCCCCCC)OC(=O)CCCCC/C=C\C/C=C\C/C=C\C/C=C\CCCCC. The summed E-state index contributed by atoms with van der Waals surface area (Å²) >= 11 is 0. The number of carbonyl (C=O) groups excluding carboxylic acids is 3. The molecule has 0 aromatic rings. The molecule has 0 aromatic heterocycles. The number of rotatable bonds is 49. The van der Waals surface area contributed by atoms with Gasteiger partial charge in [0.1, 0.15) is 13.2 Å². The smallest absolute Gasteiger partial charge is 0.306 e. The average molecular weight is 968 g/mol. The van der Waals surface area contributed by atoms with Crippen molar-refractivity contribution >= 4 is 17.9 Å². The summed E-state index contributed by atoms with van der Waals surface area (Å²) in [7, 11) is 0. The van der Waals surface area contributed by atoms with Crippen molar-refractivity contribution in [2.75, 3.05) is 13.2 Å². The number of hydrogen-bond donors (Lipinski definition) is 0. The van der Waals surface area contributed by atoms with Gasteiger partial charge in [-0.2, -0.15) is 0 Å². The highest BCUT2D eigenvalue weighted by molar-refractivity contribution is 5.71. The number of carbonyl (C=O) groups is 3. The number of ether oxygens (including phenoxy) is 3. The molecule has 0 aliphatic carbocycles. The zero-order chi connectivity index (χ0) is 50.7. The summed E-state index contributed by atoms with van der Waals surface area (Å²) < 4.78 is 16.7. The summed E-state index contributed by atoms with van der Waals surface area (Å²) in [6.07, 6.45) is 80.2. The first-order valence-electron chi connectivity index (χ1n) is 28.2. The highest BCUT2D eigenvalue weighted by Crippen LogP contribution is 2.12. The van der Waals surface area contributed by atoms with E-state index < -0.39 is 6.10 Å².